The molecule has 1 saturated heterocycles. The van der Waals surface area contributed by atoms with E-state index in [2.05, 4.69) is 16.7 Å². The lowest BCUT2D eigenvalue weighted by atomic mass is 9.89. The van der Waals surface area contributed by atoms with Gasteiger partial charge >= 0.3 is 0 Å². The van der Waals surface area contributed by atoms with Crippen LogP contribution in [-0.4, -0.2) is 39.2 Å². The first-order valence-corrected chi connectivity index (χ1v) is 10.3. The molecule has 5 nitrogen and oxygen atoms in total. The van der Waals surface area contributed by atoms with Gasteiger partial charge in [0.2, 0.25) is 0 Å². The zero-order chi connectivity index (χ0) is 18.7. The molecule has 2 aromatic carbocycles. The number of hydrogen-bond donors (Lipinski definition) is 1. The van der Waals surface area contributed by atoms with Crippen molar-refractivity contribution in [3.63, 3.8) is 0 Å². The van der Waals surface area contributed by atoms with Gasteiger partial charge in [0.15, 0.2) is 5.78 Å². The van der Waals surface area contributed by atoms with Gasteiger partial charge in [0.25, 0.3) is 10.0 Å². The summed E-state index contributed by atoms with van der Waals surface area (Å²) < 4.78 is 27.7. The fraction of sp³-hybridized carbons (Fsp3) is 0.350. The zero-order valence-corrected chi connectivity index (χ0v) is 15.9. The van der Waals surface area contributed by atoms with Gasteiger partial charge in [0, 0.05) is 17.2 Å². The van der Waals surface area contributed by atoms with E-state index in [1.54, 1.807) is 42.5 Å². The standard InChI is InChI=1S/C20H24N2O3S/c1-15-5-3-8-19(13-15)26(24,25)21-18-7-4-6-17(14-18)20(23)16-9-11-22(2)12-10-16/h3-8,13-14,16,21H,9-12H2,1-2H3. The van der Waals surface area contributed by atoms with Gasteiger partial charge in [-0.1, -0.05) is 24.3 Å². The predicted molar refractivity (Wildman–Crippen MR) is 103 cm³/mol. The molecule has 26 heavy (non-hydrogen) atoms. The number of likely N-dealkylation sites (tertiary alicyclic amines) is 1. The molecule has 1 heterocycles. The molecular weight excluding hydrogens is 348 g/mol. The van der Waals surface area contributed by atoms with E-state index in [1.165, 1.54) is 0 Å². The Morgan fingerprint density at radius 2 is 1.77 bits per heavy atom. The SMILES string of the molecule is Cc1cccc(S(=O)(=O)Nc2cccc(C(=O)C3CCN(C)CC3)c2)c1. The monoisotopic (exact) mass is 372 g/mol. The Labute approximate surface area is 155 Å². The molecule has 138 valence electrons. The van der Waals surface area contributed by atoms with Crippen molar-refractivity contribution in [2.45, 2.75) is 24.7 Å². The van der Waals surface area contributed by atoms with Crippen molar-refractivity contribution in [1.82, 2.24) is 4.90 Å². The third-order valence-electron chi connectivity index (χ3n) is 4.79. The summed E-state index contributed by atoms with van der Waals surface area (Å²) in [5, 5.41) is 0. The van der Waals surface area contributed by atoms with Crippen LogP contribution in [0.3, 0.4) is 0 Å². The number of nitrogens with zero attached hydrogens (tertiary/aromatic N) is 1. The Morgan fingerprint density at radius 1 is 1.08 bits per heavy atom. The van der Waals surface area contributed by atoms with E-state index in [-0.39, 0.29) is 16.6 Å². The van der Waals surface area contributed by atoms with Crippen LogP contribution in [0, 0.1) is 12.8 Å². The highest BCUT2D eigenvalue weighted by molar-refractivity contribution is 7.92. The molecule has 1 aliphatic heterocycles. The second-order valence-electron chi connectivity index (χ2n) is 6.94. The molecule has 6 heteroatoms. The molecule has 3 rings (SSSR count). The number of aryl methyl sites for hydroxylation is 1. The van der Waals surface area contributed by atoms with E-state index in [4.69, 9.17) is 0 Å². The first kappa shape index (κ1) is 18.6. The predicted octanol–water partition coefficient (Wildman–Crippen LogP) is 3.32. The first-order chi connectivity index (χ1) is 12.3. The third kappa shape index (κ3) is 4.31. The lowest BCUT2D eigenvalue weighted by Crippen LogP contribution is -2.33. The molecular formula is C20H24N2O3S. The Balaban J connectivity index is 1.78. The number of sulfonamides is 1. The Kier molecular flexibility index (Phi) is 5.44. The second kappa shape index (κ2) is 7.60. The molecule has 1 aliphatic rings. The topological polar surface area (TPSA) is 66.5 Å². The maximum Gasteiger partial charge on any atom is 0.261 e. The minimum atomic E-state index is -3.68. The number of nitrogens with one attached hydrogen (secondary N) is 1. The molecule has 2 aromatic rings. The average Bonchev–Trinajstić information content (AvgIpc) is 2.62. The van der Waals surface area contributed by atoms with Crippen LogP contribution in [0.4, 0.5) is 5.69 Å². The Hall–Kier alpha value is -2.18. The van der Waals surface area contributed by atoms with Crippen LogP contribution >= 0.6 is 0 Å². The molecule has 0 bridgehead atoms. The molecule has 0 spiro atoms. The van der Waals surface area contributed by atoms with Crippen molar-refractivity contribution in [3.8, 4) is 0 Å². The van der Waals surface area contributed by atoms with Crippen molar-refractivity contribution in [1.29, 1.82) is 0 Å². The molecule has 0 radical (unpaired) electrons. The van der Waals surface area contributed by atoms with Crippen LogP contribution in [0.2, 0.25) is 0 Å². The van der Waals surface area contributed by atoms with E-state index in [9.17, 15) is 13.2 Å². The van der Waals surface area contributed by atoms with Gasteiger partial charge in [-0.05, 0) is 69.7 Å². The lowest BCUT2D eigenvalue weighted by molar-refractivity contribution is 0.0857. The summed E-state index contributed by atoms with van der Waals surface area (Å²) in [5.41, 5.74) is 1.84. The van der Waals surface area contributed by atoms with E-state index >= 15 is 0 Å². The molecule has 0 atom stereocenters. The minimum absolute atomic E-state index is 0.00910. The van der Waals surface area contributed by atoms with Gasteiger partial charge in [-0.2, -0.15) is 0 Å². The molecule has 0 aromatic heterocycles. The highest BCUT2D eigenvalue weighted by Gasteiger charge is 2.24. The summed E-state index contributed by atoms with van der Waals surface area (Å²) in [4.78, 5) is 15.2. The number of benzene rings is 2. The minimum Gasteiger partial charge on any atom is -0.306 e. The maximum absolute atomic E-state index is 12.7. The number of rotatable bonds is 5. The smallest absolute Gasteiger partial charge is 0.261 e. The van der Waals surface area contributed by atoms with Gasteiger partial charge in [-0.15, -0.1) is 0 Å². The van der Waals surface area contributed by atoms with Crippen LogP contribution in [0.1, 0.15) is 28.8 Å². The van der Waals surface area contributed by atoms with Crippen molar-refractivity contribution >= 4 is 21.5 Å². The number of hydrogen-bond acceptors (Lipinski definition) is 4. The highest BCUT2D eigenvalue weighted by Crippen LogP contribution is 2.24. The first-order valence-electron chi connectivity index (χ1n) is 8.77. The molecule has 0 aliphatic carbocycles. The van der Waals surface area contributed by atoms with Crippen molar-refractivity contribution in [2.24, 2.45) is 5.92 Å². The van der Waals surface area contributed by atoms with Crippen molar-refractivity contribution in [2.75, 3.05) is 24.9 Å². The van der Waals surface area contributed by atoms with Crippen molar-refractivity contribution < 1.29 is 13.2 Å². The fourth-order valence-electron chi connectivity index (χ4n) is 3.24. The summed E-state index contributed by atoms with van der Waals surface area (Å²) in [6.45, 7) is 3.67. The molecule has 0 unspecified atom stereocenters. The van der Waals surface area contributed by atoms with Crippen LogP contribution in [0.25, 0.3) is 0 Å². The summed E-state index contributed by atoms with van der Waals surface area (Å²) in [7, 11) is -1.62. The van der Waals surface area contributed by atoms with Gasteiger partial charge in [-0.25, -0.2) is 8.42 Å². The normalized spacial score (nSPS) is 16.4. The van der Waals surface area contributed by atoms with E-state index in [0.29, 0.717) is 11.3 Å². The van der Waals surface area contributed by atoms with E-state index in [1.807, 2.05) is 13.0 Å². The number of anilines is 1. The fourth-order valence-corrected chi connectivity index (χ4v) is 4.39. The number of ketones is 1. The van der Waals surface area contributed by atoms with Crippen LogP contribution in [0.5, 0.6) is 0 Å². The summed E-state index contributed by atoms with van der Waals surface area (Å²) in [6.07, 6.45) is 1.68. The number of carbonyl (C=O) groups excluding carboxylic acids is 1. The van der Waals surface area contributed by atoms with Crippen LogP contribution in [0.15, 0.2) is 53.4 Å². The quantitative estimate of drug-likeness (QED) is 0.818. The Morgan fingerprint density at radius 3 is 2.46 bits per heavy atom. The highest BCUT2D eigenvalue weighted by atomic mass is 32.2. The molecule has 0 saturated carbocycles. The number of carbonyl (C=O) groups is 1. The van der Waals surface area contributed by atoms with Crippen LogP contribution < -0.4 is 4.72 Å². The summed E-state index contributed by atoms with van der Waals surface area (Å²) >= 11 is 0. The largest absolute Gasteiger partial charge is 0.306 e. The van der Waals surface area contributed by atoms with Crippen molar-refractivity contribution in [3.05, 3.63) is 59.7 Å². The average molecular weight is 372 g/mol. The van der Waals surface area contributed by atoms with Gasteiger partial charge < -0.3 is 4.90 Å². The van der Waals surface area contributed by atoms with Crippen LogP contribution in [-0.2, 0) is 10.0 Å². The summed E-state index contributed by atoms with van der Waals surface area (Å²) in [6, 6.07) is 13.5. The number of Topliss-reactive ketones (excluding diaryl/α,β-unsaturated/α-hetero) is 1. The van der Waals surface area contributed by atoms with Gasteiger partial charge in [-0.3, -0.25) is 9.52 Å². The summed E-state index contributed by atoms with van der Waals surface area (Å²) in [5.74, 6) is 0.101. The van der Waals surface area contributed by atoms with Gasteiger partial charge in [0.1, 0.15) is 0 Å². The molecule has 0 amide bonds. The zero-order valence-electron chi connectivity index (χ0n) is 15.1. The Bertz CT molecular complexity index is 901. The second-order valence-corrected chi connectivity index (χ2v) is 8.63. The molecule has 1 N–H and O–H groups in total. The van der Waals surface area contributed by atoms with Gasteiger partial charge in [0.05, 0.1) is 4.90 Å². The third-order valence-corrected chi connectivity index (χ3v) is 6.17. The van der Waals surface area contributed by atoms with E-state index < -0.39 is 10.0 Å². The number of piperidine rings is 1. The maximum atomic E-state index is 12.7. The van der Waals surface area contributed by atoms with E-state index in [0.717, 1.165) is 31.5 Å². The lowest BCUT2D eigenvalue weighted by Gasteiger charge is -2.28. The molecule has 1 fully saturated rings.